The van der Waals surface area contributed by atoms with Gasteiger partial charge in [0.15, 0.2) is 0 Å². The minimum Gasteiger partial charge on any atom is -0.337 e. The molecule has 0 bridgehead atoms. The van der Waals surface area contributed by atoms with Crippen LogP contribution >= 0.6 is 0 Å². The van der Waals surface area contributed by atoms with Gasteiger partial charge in [-0.05, 0) is 25.3 Å². The first-order valence-electron chi connectivity index (χ1n) is 6.39. The first kappa shape index (κ1) is 11.7. The second kappa shape index (κ2) is 4.72. The second-order valence-electron chi connectivity index (χ2n) is 4.81. The van der Waals surface area contributed by atoms with Crippen molar-refractivity contribution in [1.29, 1.82) is 0 Å². The lowest BCUT2D eigenvalue weighted by atomic mass is 10.1. The van der Waals surface area contributed by atoms with Crippen LogP contribution in [0, 0.1) is 0 Å². The second-order valence-corrected chi connectivity index (χ2v) is 4.81. The third-order valence-corrected chi connectivity index (χ3v) is 3.07. The number of nitrogens with one attached hydrogen (secondary N) is 1. The monoisotopic (exact) mass is 252 g/mol. The van der Waals surface area contributed by atoms with E-state index in [4.69, 9.17) is 0 Å². The van der Waals surface area contributed by atoms with E-state index in [2.05, 4.69) is 41.4 Å². The largest absolute Gasteiger partial charge is 0.337 e. The molecular formula is C15H16N4. The van der Waals surface area contributed by atoms with E-state index in [9.17, 15) is 0 Å². The number of hydrogen-bond donors (Lipinski definition) is 1. The molecule has 4 nitrogen and oxygen atoms in total. The fraction of sp³-hybridized carbons (Fsp3) is 0.200. The molecule has 4 heteroatoms. The first-order chi connectivity index (χ1) is 9.24. The molecule has 0 amide bonds. The molecule has 1 aromatic carbocycles. The van der Waals surface area contributed by atoms with Gasteiger partial charge in [0.05, 0.1) is 11.9 Å². The Hall–Kier alpha value is -2.36. The van der Waals surface area contributed by atoms with Crippen LogP contribution in [0.1, 0.15) is 19.9 Å². The number of pyridine rings is 1. The summed E-state index contributed by atoms with van der Waals surface area (Å²) in [6.07, 6.45) is 5.63. The van der Waals surface area contributed by atoms with Crippen molar-refractivity contribution in [1.82, 2.24) is 14.8 Å². The lowest BCUT2D eigenvalue weighted by molar-refractivity contribution is 0.532. The molecule has 0 spiro atoms. The zero-order valence-corrected chi connectivity index (χ0v) is 11.0. The summed E-state index contributed by atoms with van der Waals surface area (Å²) in [6.45, 7) is 4.21. The maximum Gasteiger partial charge on any atom is 0.138 e. The van der Waals surface area contributed by atoms with Crippen LogP contribution in [0.2, 0.25) is 0 Å². The van der Waals surface area contributed by atoms with Crippen molar-refractivity contribution < 1.29 is 0 Å². The topological polar surface area (TPSA) is 42.7 Å². The van der Waals surface area contributed by atoms with Crippen molar-refractivity contribution >= 4 is 22.3 Å². The fourth-order valence-corrected chi connectivity index (χ4v) is 2.04. The molecule has 2 aromatic heterocycles. The van der Waals surface area contributed by atoms with Gasteiger partial charge in [-0.3, -0.25) is 4.68 Å². The molecular weight excluding hydrogens is 236 g/mol. The highest BCUT2D eigenvalue weighted by atomic mass is 15.3. The Labute approximate surface area is 112 Å². The van der Waals surface area contributed by atoms with Gasteiger partial charge in [-0.1, -0.05) is 24.3 Å². The predicted octanol–water partition coefficient (Wildman–Crippen LogP) is 3.76. The number of nitrogens with zero attached hydrogens (tertiary/aromatic N) is 3. The van der Waals surface area contributed by atoms with Crippen LogP contribution < -0.4 is 5.32 Å². The highest BCUT2D eigenvalue weighted by Crippen LogP contribution is 2.24. The molecule has 3 rings (SSSR count). The van der Waals surface area contributed by atoms with Crippen molar-refractivity contribution in [3.05, 3.63) is 48.9 Å². The molecule has 0 radical (unpaired) electrons. The molecule has 0 unspecified atom stereocenters. The number of rotatable bonds is 3. The van der Waals surface area contributed by atoms with Crippen molar-refractivity contribution in [2.75, 3.05) is 5.32 Å². The Morgan fingerprint density at radius 1 is 1.16 bits per heavy atom. The molecule has 0 aliphatic heterocycles. The van der Waals surface area contributed by atoms with E-state index in [0.717, 1.165) is 16.9 Å². The highest BCUT2D eigenvalue weighted by Gasteiger charge is 2.05. The maximum absolute atomic E-state index is 4.41. The van der Waals surface area contributed by atoms with Crippen LogP contribution in [0.25, 0.3) is 10.8 Å². The zero-order valence-electron chi connectivity index (χ0n) is 11.0. The van der Waals surface area contributed by atoms with Crippen LogP contribution in [-0.4, -0.2) is 14.8 Å². The fourth-order valence-electron chi connectivity index (χ4n) is 2.04. The SMILES string of the molecule is CC(C)n1cc(Nc2nccc3ccccc23)cn1. The van der Waals surface area contributed by atoms with E-state index >= 15 is 0 Å². The van der Waals surface area contributed by atoms with Crippen LogP contribution in [0.3, 0.4) is 0 Å². The maximum atomic E-state index is 4.41. The Kier molecular flexibility index (Phi) is 2.91. The molecule has 19 heavy (non-hydrogen) atoms. The normalized spacial score (nSPS) is 11.1. The van der Waals surface area contributed by atoms with Gasteiger partial charge in [0.25, 0.3) is 0 Å². The molecule has 0 fully saturated rings. The third kappa shape index (κ3) is 2.29. The summed E-state index contributed by atoms with van der Waals surface area (Å²) in [7, 11) is 0. The standard InChI is InChI=1S/C15H16N4/c1-11(2)19-10-13(9-17-19)18-15-14-6-4-3-5-12(14)7-8-16-15/h3-11H,1-2H3,(H,16,18). The third-order valence-electron chi connectivity index (χ3n) is 3.07. The van der Waals surface area contributed by atoms with Gasteiger partial charge in [0.1, 0.15) is 5.82 Å². The van der Waals surface area contributed by atoms with Crippen molar-refractivity contribution in [3.63, 3.8) is 0 Å². The minimum atomic E-state index is 0.357. The van der Waals surface area contributed by atoms with Crippen LogP contribution in [0.4, 0.5) is 11.5 Å². The van der Waals surface area contributed by atoms with E-state index in [1.54, 1.807) is 0 Å². The smallest absolute Gasteiger partial charge is 0.138 e. The van der Waals surface area contributed by atoms with Crippen molar-refractivity contribution in [3.8, 4) is 0 Å². The molecule has 3 aromatic rings. The summed E-state index contributed by atoms with van der Waals surface area (Å²) >= 11 is 0. The Bertz CT molecular complexity index is 695. The molecule has 0 saturated heterocycles. The lowest BCUT2D eigenvalue weighted by Gasteiger charge is -2.07. The van der Waals surface area contributed by atoms with E-state index in [0.29, 0.717) is 6.04 Å². The van der Waals surface area contributed by atoms with Crippen LogP contribution in [0.5, 0.6) is 0 Å². The van der Waals surface area contributed by atoms with Crippen molar-refractivity contribution in [2.45, 2.75) is 19.9 Å². The Balaban J connectivity index is 1.96. The summed E-state index contributed by atoms with van der Waals surface area (Å²) in [5.41, 5.74) is 0.956. The number of aromatic nitrogens is 3. The van der Waals surface area contributed by atoms with Gasteiger partial charge in [0.2, 0.25) is 0 Å². The molecule has 0 saturated carbocycles. The molecule has 0 aliphatic carbocycles. The number of anilines is 2. The average molecular weight is 252 g/mol. The van der Waals surface area contributed by atoms with Gasteiger partial charge >= 0.3 is 0 Å². The van der Waals surface area contributed by atoms with Crippen LogP contribution in [0.15, 0.2) is 48.9 Å². The van der Waals surface area contributed by atoms with E-state index in [1.807, 2.05) is 41.5 Å². The summed E-state index contributed by atoms with van der Waals surface area (Å²) in [5.74, 6) is 0.862. The van der Waals surface area contributed by atoms with Gasteiger partial charge < -0.3 is 5.32 Å². The van der Waals surface area contributed by atoms with Crippen molar-refractivity contribution in [2.24, 2.45) is 0 Å². The van der Waals surface area contributed by atoms with Gasteiger partial charge in [-0.15, -0.1) is 0 Å². The quantitative estimate of drug-likeness (QED) is 0.771. The summed E-state index contributed by atoms with van der Waals surface area (Å²) < 4.78 is 1.92. The van der Waals surface area contributed by atoms with E-state index in [1.165, 1.54) is 5.39 Å². The number of fused-ring (bicyclic) bond motifs is 1. The van der Waals surface area contributed by atoms with E-state index in [-0.39, 0.29) is 0 Å². The first-order valence-corrected chi connectivity index (χ1v) is 6.39. The Morgan fingerprint density at radius 3 is 2.79 bits per heavy atom. The molecule has 1 N–H and O–H groups in total. The summed E-state index contributed by atoms with van der Waals surface area (Å²) in [6, 6.07) is 10.6. The number of benzene rings is 1. The summed E-state index contributed by atoms with van der Waals surface area (Å²) in [4.78, 5) is 4.41. The van der Waals surface area contributed by atoms with Gasteiger partial charge in [0, 0.05) is 23.8 Å². The van der Waals surface area contributed by atoms with Gasteiger partial charge in [-0.25, -0.2) is 4.98 Å². The molecule has 2 heterocycles. The number of hydrogen-bond acceptors (Lipinski definition) is 3. The molecule has 0 atom stereocenters. The summed E-state index contributed by atoms with van der Waals surface area (Å²) in [5, 5.41) is 9.94. The zero-order chi connectivity index (χ0) is 13.2. The van der Waals surface area contributed by atoms with Crippen LogP contribution in [-0.2, 0) is 0 Å². The Morgan fingerprint density at radius 2 is 2.00 bits per heavy atom. The van der Waals surface area contributed by atoms with E-state index < -0.39 is 0 Å². The lowest BCUT2D eigenvalue weighted by Crippen LogP contribution is -2.00. The van der Waals surface area contributed by atoms with Gasteiger partial charge in [-0.2, -0.15) is 5.10 Å². The average Bonchev–Trinajstić information content (AvgIpc) is 2.88. The molecule has 0 aliphatic rings. The minimum absolute atomic E-state index is 0.357. The molecule has 96 valence electrons. The highest BCUT2D eigenvalue weighted by molar-refractivity contribution is 5.92. The predicted molar refractivity (Wildman–Crippen MR) is 77.6 cm³/mol.